The summed E-state index contributed by atoms with van der Waals surface area (Å²) in [5.74, 6) is -0.808. The van der Waals surface area contributed by atoms with E-state index in [1.165, 1.54) is 13.0 Å². The smallest absolute Gasteiger partial charge is 0.340 e. The van der Waals surface area contributed by atoms with Crippen LogP contribution in [0.25, 0.3) is 0 Å². The third-order valence-corrected chi connectivity index (χ3v) is 5.01. The van der Waals surface area contributed by atoms with E-state index < -0.39 is 18.0 Å². The standard InChI is InChI=1S/C20H21Cl2NO3/c1-4-12(2)14-8-5-6-11-17(14)23-19(24)13(3)26-20(25)15-9-7-10-16(21)18(15)22/h5-13H,4H2,1-3H3,(H,23,24)/t12-,13+/m0/s1. The number of hydrogen-bond donors (Lipinski definition) is 1. The molecule has 1 N–H and O–H groups in total. The molecule has 0 aliphatic carbocycles. The first-order chi connectivity index (χ1) is 12.3. The molecule has 0 spiro atoms. The van der Waals surface area contributed by atoms with Crippen LogP contribution in [0.3, 0.4) is 0 Å². The lowest BCUT2D eigenvalue weighted by Crippen LogP contribution is -2.30. The Kier molecular flexibility index (Phi) is 7.06. The van der Waals surface area contributed by atoms with Gasteiger partial charge in [-0.05, 0) is 43.0 Å². The normalized spacial score (nSPS) is 13.0. The maximum atomic E-state index is 12.4. The van der Waals surface area contributed by atoms with Crippen LogP contribution in [0.1, 0.15) is 49.0 Å². The van der Waals surface area contributed by atoms with Gasteiger partial charge < -0.3 is 10.1 Å². The van der Waals surface area contributed by atoms with Crippen LogP contribution in [0.5, 0.6) is 0 Å². The number of benzene rings is 2. The topological polar surface area (TPSA) is 55.4 Å². The lowest BCUT2D eigenvalue weighted by Gasteiger charge is -2.18. The summed E-state index contributed by atoms with van der Waals surface area (Å²) < 4.78 is 5.24. The first-order valence-corrected chi connectivity index (χ1v) is 9.15. The van der Waals surface area contributed by atoms with E-state index in [2.05, 4.69) is 19.2 Å². The number of halogens is 2. The molecule has 1 amide bonds. The molecule has 0 fully saturated rings. The molecular formula is C20H21Cl2NO3. The minimum absolute atomic E-state index is 0.105. The SMILES string of the molecule is CC[C@H](C)c1ccccc1NC(=O)[C@@H](C)OC(=O)c1cccc(Cl)c1Cl. The highest BCUT2D eigenvalue weighted by molar-refractivity contribution is 6.43. The van der Waals surface area contributed by atoms with Crippen molar-refractivity contribution in [3.05, 3.63) is 63.6 Å². The summed E-state index contributed by atoms with van der Waals surface area (Å²) in [5, 5.41) is 3.19. The number of ether oxygens (including phenoxy) is 1. The maximum Gasteiger partial charge on any atom is 0.340 e. The quantitative estimate of drug-likeness (QED) is 0.641. The summed E-state index contributed by atoms with van der Waals surface area (Å²) in [6.07, 6.45) is -0.0347. The van der Waals surface area contributed by atoms with Crippen LogP contribution >= 0.6 is 23.2 Å². The van der Waals surface area contributed by atoms with Gasteiger partial charge in [-0.2, -0.15) is 0 Å². The van der Waals surface area contributed by atoms with Crippen molar-refractivity contribution < 1.29 is 14.3 Å². The van der Waals surface area contributed by atoms with Gasteiger partial charge in [-0.25, -0.2) is 4.79 Å². The van der Waals surface area contributed by atoms with Crippen LogP contribution < -0.4 is 5.32 Å². The number of para-hydroxylation sites is 1. The molecule has 0 radical (unpaired) electrons. The molecule has 0 unspecified atom stereocenters. The number of anilines is 1. The van der Waals surface area contributed by atoms with Gasteiger partial charge in [-0.15, -0.1) is 0 Å². The van der Waals surface area contributed by atoms with E-state index in [0.717, 1.165) is 17.7 Å². The van der Waals surface area contributed by atoms with E-state index in [4.69, 9.17) is 27.9 Å². The van der Waals surface area contributed by atoms with E-state index in [-0.39, 0.29) is 15.6 Å². The van der Waals surface area contributed by atoms with Gasteiger partial charge >= 0.3 is 5.97 Å². The maximum absolute atomic E-state index is 12.4. The van der Waals surface area contributed by atoms with Gasteiger partial charge in [0.25, 0.3) is 5.91 Å². The van der Waals surface area contributed by atoms with Crippen LogP contribution in [0.15, 0.2) is 42.5 Å². The van der Waals surface area contributed by atoms with Crippen molar-refractivity contribution in [2.24, 2.45) is 0 Å². The van der Waals surface area contributed by atoms with Crippen molar-refractivity contribution in [2.75, 3.05) is 5.32 Å². The van der Waals surface area contributed by atoms with Gasteiger partial charge in [0.2, 0.25) is 0 Å². The zero-order valence-corrected chi connectivity index (χ0v) is 16.4. The first kappa shape index (κ1) is 20.3. The predicted octanol–water partition coefficient (Wildman–Crippen LogP) is 5.69. The van der Waals surface area contributed by atoms with Gasteiger partial charge in [-0.1, -0.05) is 61.3 Å². The molecule has 0 bridgehead atoms. The second-order valence-electron chi connectivity index (χ2n) is 6.03. The van der Waals surface area contributed by atoms with Crippen molar-refractivity contribution in [1.82, 2.24) is 0 Å². The number of amides is 1. The zero-order chi connectivity index (χ0) is 19.3. The Morgan fingerprint density at radius 1 is 1.08 bits per heavy atom. The second-order valence-corrected chi connectivity index (χ2v) is 6.82. The average Bonchev–Trinajstić information content (AvgIpc) is 2.63. The molecular weight excluding hydrogens is 373 g/mol. The van der Waals surface area contributed by atoms with Gasteiger partial charge in [0.05, 0.1) is 15.6 Å². The third-order valence-electron chi connectivity index (χ3n) is 4.19. The molecule has 0 saturated carbocycles. The van der Waals surface area contributed by atoms with Crippen LogP contribution in [-0.4, -0.2) is 18.0 Å². The largest absolute Gasteiger partial charge is 0.449 e. The summed E-state index contributed by atoms with van der Waals surface area (Å²) >= 11 is 11.9. The fourth-order valence-electron chi connectivity index (χ4n) is 2.43. The van der Waals surface area contributed by atoms with Crippen LogP contribution in [0.4, 0.5) is 5.69 Å². The van der Waals surface area contributed by atoms with Crippen molar-refractivity contribution >= 4 is 40.8 Å². The molecule has 0 aliphatic heterocycles. The summed E-state index contributed by atoms with van der Waals surface area (Å²) in [4.78, 5) is 24.7. The Morgan fingerprint density at radius 3 is 2.46 bits per heavy atom. The molecule has 0 aliphatic rings. The Labute approximate surface area is 163 Å². The third kappa shape index (κ3) is 4.77. The minimum Gasteiger partial charge on any atom is -0.449 e. The van der Waals surface area contributed by atoms with E-state index in [0.29, 0.717) is 5.92 Å². The molecule has 26 heavy (non-hydrogen) atoms. The number of nitrogens with one attached hydrogen (secondary N) is 1. The Bertz CT molecular complexity index is 807. The lowest BCUT2D eigenvalue weighted by atomic mass is 9.97. The minimum atomic E-state index is -0.984. The summed E-state index contributed by atoms with van der Waals surface area (Å²) in [6, 6.07) is 12.3. The van der Waals surface area contributed by atoms with Gasteiger partial charge in [-0.3, -0.25) is 4.79 Å². The van der Waals surface area contributed by atoms with Crippen molar-refractivity contribution in [2.45, 2.75) is 39.2 Å². The first-order valence-electron chi connectivity index (χ1n) is 8.39. The number of rotatable bonds is 6. The monoisotopic (exact) mass is 393 g/mol. The summed E-state index contributed by atoms with van der Waals surface area (Å²) in [5.41, 5.74) is 1.88. The zero-order valence-electron chi connectivity index (χ0n) is 14.9. The Morgan fingerprint density at radius 2 is 1.77 bits per heavy atom. The number of carbonyl (C=O) groups excluding carboxylic acids is 2. The molecule has 0 saturated heterocycles. The number of hydrogen-bond acceptors (Lipinski definition) is 3. The predicted molar refractivity (Wildman–Crippen MR) is 105 cm³/mol. The summed E-state index contributed by atoms with van der Waals surface area (Å²) in [7, 11) is 0. The fourth-order valence-corrected chi connectivity index (χ4v) is 2.81. The van der Waals surface area contributed by atoms with E-state index in [1.54, 1.807) is 12.1 Å². The van der Waals surface area contributed by atoms with Gasteiger partial charge in [0.15, 0.2) is 6.10 Å². The Balaban J connectivity index is 2.09. The molecule has 4 nitrogen and oxygen atoms in total. The fraction of sp³-hybridized carbons (Fsp3) is 0.300. The van der Waals surface area contributed by atoms with E-state index in [9.17, 15) is 9.59 Å². The highest BCUT2D eigenvalue weighted by Gasteiger charge is 2.22. The molecule has 138 valence electrons. The molecule has 2 atom stereocenters. The molecule has 2 aromatic carbocycles. The summed E-state index contributed by atoms with van der Waals surface area (Å²) in [6.45, 7) is 5.69. The van der Waals surface area contributed by atoms with Crippen LogP contribution in [0, 0.1) is 0 Å². The van der Waals surface area contributed by atoms with Crippen LogP contribution in [0.2, 0.25) is 10.0 Å². The van der Waals surface area contributed by atoms with Crippen molar-refractivity contribution in [3.63, 3.8) is 0 Å². The lowest BCUT2D eigenvalue weighted by molar-refractivity contribution is -0.123. The second kappa shape index (κ2) is 9.06. The van der Waals surface area contributed by atoms with Crippen molar-refractivity contribution in [3.8, 4) is 0 Å². The van der Waals surface area contributed by atoms with E-state index >= 15 is 0 Å². The molecule has 0 aromatic heterocycles. The Hall–Kier alpha value is -2.04. The van der Waals surface area contributed by atoms with Gasteiger partial charge in [0, 0.05) is 5.69 Å². The number of esters is 1. The highest BCUT2D eigenvalue weighted by Crippen LogP contribution is 2.28. The molecule has 0 heterocycles. The molecule has 2 aromatic rings. The van der Waals surface area contributed by atoms with Gasteiger partial charge in [0.1, 0.15) is 0 Å². The molecule has 2 rings (SSSR count). The average molecular weight is 394 g/mol. The number of carbonyl (C=O) groups is 2. The van der Waals surface area contributed by atoms with Crippen LogP contribution in [-0.2, 0) is 9.53 Å². The highest BCUT2D eigenvalue weighted by atomic mass is 35.5. The van der Waals surface area contributed by atoms with E-state index in [1.807, 2.05) is 24.3 Å². The van der Waals surface area contributed by atoms with Crippen molar-refractivity contribution in [1.29, 1.82) is 0 Å². The molecule has 6 heteroatoms.